The van der Waals surface area contributed by atoms with E-state index >= 15 is 0 Å². The maximum Gasteiger partial charge on any atom is 0.227 e. The van der Waals surface area contributed by atoms with Crippen LogP contribution in [0.25, 0.3) is 0 Å². The molecule has 1 aliphatic carbocycles. The lowest BCUT2D eigenvalue weighted by Crippen LogP contribution is -2.46. The Morgan fingerprint density at radius 1 is 0.923 bits per heavy atom. The normalized spacial score (nSPS) is 18.2. The van der Waals surface area contributed by atoms with Crippen molar-refractivity contribution in [3.05, 3.63) is 54.6 Å². The summed E-state index contributed by atoms with van der Waals surface area (Å²) in [6.45, 7) is 3.99. The third-order valence-corrected chi connectivity index (χ3v) is 5.54. The summed E-state index contributed by atoms with van der Waals surface area (Å²) in [5, 5.41) is 3.07. The monoisotopic (exact) mass is 348 g/mol. The summed E-state index contributed by atoms with van der Waals surface area (Å²) in [5.41, 5.74) is 3.31. The van der Waals surface area contributed by atoms with Crippen molar-refractivity contribution in [1.29, 1.82) is 0 Å². The number of carbonyl (C=O) groups excluding carboxylic acids is 1. The van der Waals surface area contributed by atoms with E-state index in [-0.39, 0.29) is 11.8 Å². The minimum Gasteiger partial charge on any atom is -0.368 e. The summed E-state index contributed by atoms with van der Waals surface area (Å²) in [5.74, 6) is 0.389. The number of hydrogen-bond acceptors (Lipinski definition) is 3. The van der Waals surface area contributed by atoms with Gasteiger partial charge >= 0.3 is 0 Å². The van der Waals surface area contributed by atoms with E-state index in [4.69, 9.17) is 0 Å². The fourth-order valence-corrected chi connectivity index (χ4v) is 3.97. The molecule has 0 spiro atoms. The number of nitrogens with one attached hydrogen (secondary N) is 1. The smallest absolute Gasteiger partial charge is 0.227 e. The fraction of sp³-hybridized carbons (Fsp3) is 0.409. The van der Waals surface area contributed by atoms with Crippen LogP contribution >= 0.6 is 0 Å². The molecule has 0 atom stereocenters. The molecule has 1 saturated heterocycles. The molecule has 1 heterocycles. The van der Waals surface area contributed by atoms with Crippen molar-refractivity contribution < 1.29 is 4.79 Å². The number of anilines is 3. The predicted molar refractivity (Wildman–Crippen MR) is 107 cm³/mol. The van der Waals surface area contributed by atoms with E-state index in [2.05, 4.69) is 45.4 Å². The van der Waals surface area contributed by atoms with Crippen LogP contribution in [0.2, 0.25) is 0 Å². The number of piperazine rings is 1. The number of rotatable bonds is 4. The maximum atomic E-state index is 12.2. The Morgan fingerprint density at radius 2 is 1.62 bits per heavy atom. The van der Waals surface area contributed by atoms with Gasteiger partial charge in [0.1, 0.15) is 0 Å². The van der Waals surface area contributed by atoms with Crippen LogP contribution in [0.15, 0.2) is 48.5 Å². The summed E-state index contributed by atoms with van der Waals surface area (Å²) in [6.07, 6.45) is 4.44. The van der Waals surface area contributed by atoms with Crippen LogP contribution in [0, 0.1) is 12.0 Å². The van der Waals surface area contributed by atoms with Gasteiger partial charge in [0.15, 0.2) is 0 Å². The zero-order valence-electron chi connectivity index (χ0n) is 15.2. The van der Waals surface area contributed by atoms with Crippen LogP contribution in [0.1, 0.15) is 25.7 Å². The molecular weight excluding hydrogens is 322 g/mol. The van der Waals surface area contributed by atoms with Crippen molar-refractivity contribution in [3.8, 4) is 0 Å². The highest BCUT2D eigenvalue weighted by Gasteiger charge is 2.22. The Bertz CT molecular complexity index is 715. The van der Waals surface area contributed by atoms with Crippen LogP contribution in [0.3, 0.4) is 0 Å². The second-order valence-corrected chi connectivity index (χ2v) is 7.24. The van der Waals surface area contributed by atoms with Gasteiger partial charge in [0.05, 0.1) is 0 Å². The van der Waals surface area contributed by atoms with Gasteiger partial charge in [-0.25, -0.2) is 0 Å². The molecule has 4 heteroatoms. The lowest BCUT2D eigenvalue weighted by Gasteiger charge is -2.37. The molecule has 1 saturated carbocycles. The molecule has 1 aliphatic heterocycles. The lowest BCUT2D eigenvalue weighted by atomic mass is 10.1. The van der Waals surface area contributed by atoms with E-state index in [1.807, 2.05) is 24.3 Å². The molecule has 2 fully saturated rings. The largest absolute Gasteiger partial charge is 0.368 e. The number of carbonyl (C=O) groups is 1. The van der Waals surface area contributed by atoms with Crippen LogP contribution in [-0.2, 0) is 4.79 Å². The molecule has 2 aliphatic rings. The Hall–Kier alpha value is -2.49. The third-order valence-electron chi connectivity index (χ3n) is 5.54. The van der Waals surface area contributed by atoms with Gasteiger partial charge in [-0.2, -0.15) is 0 Å². The maximum absolute atomic E-state index is 12.2. The second-order valence-electron chi connectivity index (χ2n) is 7.24. The minimum atomic E-state index is 0.183. The molecule has 4 nitrogen and oxygen atoms in total. The number of para-hydroxylation sites is 1. The summed E-state index contributed by atoms with van der Waals surface area (Å²) in [7, 11) is 0. The van der Waals surface area contributed by atoms with Gasteiger partial charge in [-0.1, -0.05) is 31.0 Å². The Labute approximate surface area is 155 Å². The first kappa shape index (κ1) is 17.0. The molecule has 2 aromatic rings. The molecule has 1 radical (unpaired) electrons. The van der Waals surface area contributed by atoms with Gasteiger partial charge in [-0.15, -0.1) is 0 Å². The zero-order chi connectivity index (χ0) is 17.8. The highest BCUT2D eigenvalue weighted by Crippen LogP contribution is 2.27. The first-order valence-electron chi connectivity index (χ1n) is 9.67. The molecule has 135 valence electrons. The van der Waals surface area contributed by atoms with Crippen molar-refractivity contribution in [3.63, 3.8) is 0 Å². The fourth-order valence-electron chi connectivity index (χ4n) is 3.97. The average Bonchev–Trinajstić information content (AvgIpc) is 3.25. The van der Waals surface area contributed by atoms with Crippen molar-refractivity contribution in [2.75, 3.05) is 41.3 Å². The molecule has 4 rings (SSSR count). The summed E-state index contributed by atoms with van der Waals surface area (Å²) < 4.78 is 0. The van der Waals surface area contributed by atoms with E-state index in [1.165, 1.54) is 24.2 Å². The number of benzene rings is 2. The quantitative estimate of drug-likeness (QED) is 0.909. The summed E-state index contributed by atoms with van der Waals surface area (Å²) >= 11 is 0. The highest BCUT2D eigenvalue weighted by molar-refractivity contribution is 5.92. The molecule has 1 amide bonds. The van der Waals surface area contributed by atoms with Gasteiger partial charge in [0.25, 0.3) is 0 Å². The predicted octanol–water partition coefficient (Wildman–Crippen LogP) is 3.94. The van der Waals surface area contributed by atoms with Gasteiger partial charge in [-0.05, 0) is 43.2 Å². The standard InChI is InChI=1S/C22H26N3O/c26-22(18-6-4-5-7-18)23-19-10-12-21(13-11-19)25-16-14-24(15-17-25)20-8-2-1-3-9-20/h1-3,8,10-13,18H,4-7,14-17H2,(H,23,26). The molecule has 26 heavy (non-hydrogen) atoms. The van der Waals surface area contributed by atoms with Crippen molar-refractivity contribution >= 4 is 23.0 Å². The molecule has 0 aromatic heterocycles. The van der Waals surface area contributed by atoms with Crippen LogP contribution < -0.4 is 15.1 Å². The molecular formula is C22H26N3O. The minimum absolute atomic E-state index is 0.183. The molecule has 1 N–H and O–H groups in total. The van der Waals surface area contributed by atoms with Gasteiger partial charge in [0.2, 0.25) is 5.91 Å². The average molecular weight is 348 g/mol. The second kappa shape index (κ2) is 7.81. The van der Waals surface area contributed by atoms with Crippen LogP contribution in [0.4, 0.5) is 17.1 Å². The van der Waals surface area contributed by atoms with E-state index in [0.717, 1.165) is 44.7 Å². The Kier molecular flexibility index (Phi) is 5.09. The summed E-state index contributed by atoms with van der Waals surface area (Å²) in [6, 6.07) is 19.8. The SMILES string of the molecule is O=C(Nc1ccc(N2CCN(c3[c]cccc3)CC2)cc1)C1CCCC1. The third kappa shape index (κ3) is 3.85. The lowest BCUT2D eigenvalue weighted by molar-refractivity contribution is -0.119. The molecule has 0 unspecified atom stereocenters. The van der Waals surface area contributed by atoms with E-state index in [1.54, 1.807) is 0 Å². The van der Waals surface area contributed by atoms with E-state index in [0.29, 0.717) is 0 Å². The number of nitrogens with zero attached hydrogens (tertiary/aromatic N) is 2. The van der Waals surface area contributed by atoms with Crippen molar-refractivity contribution in [2.24, 2.45) is 5.92 Å². The zero-order valence-corrected chi connectivity index (χ0v) is 15.2. The van der Waals surface area contributed by atoms with Crippen molar-refractivity contribution in [1.82, 2.24) is 0 Å². The number of hydrogen-bond donors (Lipinski definition) is 1. The van der Waals surface area contributed by atoms with E-state index in [9.17, 15) is 4.79 Å². The Balaban J connectivity index is 1.32. The summed E-state index contributed by atoms with van der Waals surface area (Å²) in [4.78, 5) is 17.0. The van der Waals surface area contributed by atoms with E-state index < -0.39 is 0 Å². The topological polar surface area (TPSA) is 35.6 Å². The van der Waals surface area contributed by atoms with Crippen LogP contribution in [0.5, 0.6) is 0 Å². The first-order chi connectivity index (χ1) is 12.8. The van der Waals surface area contributed by atoms with Gasteiger partial charge in [-0.3, -0.25) is 4.79 Å². The Morgan fingerprint density at radius 3 is 2.27 bits per heavy atom. The van der Waals surface area contributed by atoms with Crippen molar-refractivity contribution in [2.45, 2.75) is 25.7 Å². The highest BCUT2D eigenvalue weighted by atomic mass is 16.1. The van der Waals surface area contributed by atoms with Gasteiger partial charge < -0.3 is 15.1 Å². The van der Waals surface area contributed by atoms with Crippen LogP contribution in [-0.4, -0.2) is 32.1 Å². The first-order valence-corrected chi connectivity index (χ1v) is 9.67. The molecule has 0 bridgehead atoms. The number of amides is 1. The molecule has 2 aromatic carbocycles. The van der Waals surface area contributed by atoms with Gasteiger partial charge in [0, 0.05) is 55.2 Å².